The predicted octanol–water partition coefficient (Wildman–Crippen LogP) is 3.45. The zero-order valence-electron chi connectivity index (χ0n) is 10.3. The quantitative estimate of drug-likeness (QED) is 0.666. The van der Waals surface area contributed by atoms with Gasteiger partial charge in [0.15, 0.2) is 0 Å². The molecule has 0 aliphatic heterocycles. The normalized spacial score (nSPS) is 10.0. The van der Waals surface area contributed by atoms with E-state index in [9.17, 15) is 4.79 Å². The summed E-state index contributed by atoms with van der Waals surface area (Å²) in [6, 6.07) is 12.2. The lowest BCUT2D eigenvalue weighted by Crippen LogP contribution is -2.03. The Morgan fingerprint density at radius 2 is 2.05 bits per heavy atom. The van der Waals surface area contributed by atoms with E-state index in [1.807, 2.05) is 12.1 Å². The summed E-state index contributed by atoms with van der Waals surface area (Å²) < 4.78 is 4.63. The fraction of sp³-hybridized carbons (Fsp3) is 0.0714. The predicted molar refractivity (Wildman–Crippen MR) is 76.9 cm³/mol. The average Bonchev–Trinajstić information content (AvgIpc) is 2.40. The zero-order valence-corrected chi connectivity index (χ0v) is 11.1. The highest BCUT2D eigenvalue weighted by Gasteiger charge is 2.08. The average molecular weight is 277 g/mol. The molecule has 0 spiro atoms. The number of halogens is 1. The highest BCUT2D eigenvalue weighted by atomic mass is 35.5. The molecule has 0 atom stereocenters. The highest BCUT2D eigenvalue weighted by Crippen LogP contribution is 2.25. The molecular formula is C14H13ClN2O2. The first-order chi connectivity index (χ1) is 9.10. The van der Waals surface area contributed by atoms with Crippen LogP contribution >= 0.6 is 11.6 Å². The largest absolute Gasteiger partial charge is 0.465 e. The molecule has 19 heavy (non-hydrogen) atoms. The standard InChI is InChI=1S/C14H13ClN2O2/c1-19-14(18)9-5-6-13(12(16)7-9)17-11-4-2-3-10(15)8-11/h2-8,17H,16H2,1H3. The van der Waals surface area contributed by atoms with E-state index in [0.29, 0.717) is 22.0 Å². The monoisotopic (exact) mass is 276 g/mol. The number of nitrogens with two attached hydrogens (primary N) is 1. The number of ether oxygens (including phenoxy) is 1. The van der Waals surface area contributed by atoms with E-state index in [4.69, 9.17) is 17.3 Å². The Morgan fingerprint density at radius 1 is 1.26 bits per heavy atom. The van der Waals surface area contributed by atoms with Crippen LogP contribution in [-0.4, -0.2) is 13.1 Å². The molecule has 2 rings (SSSR count). The van der Waals surface area contributed by atoms with Crippen LogP contribution in [0, 0.1) is 0 Å². The third kappa shape index (κ3) is 3.17. The van der Waals surface area contributed by atoms with Gasteiger partial charge in [-0.2, -0.15) is 0 Å². The van der Waals surface area contributed by atoms with Crippen molar-refractivity contribution in [2.75, 3.05) is 18.2 Å². The molecule has 0 saturated heterocycles. The number of rotatable bonds is 3. The first-order valence-electron chi connectivity index (χ1n) is 5.60. The molecule has 0 saturated carbocycles. The molecule has 0 unspecified atom stereocenters. The van der Waals surface area contributed by atoms with Gasteiger partial charge in [0.25, 0.3) is 0 Å². The molecule has 0 aliphatic rings. The van der Waals surface area contributed by atoms with Crippen molar-refractivity contribution in [1.82, 2.24) is 0 Å². The van der Waals surface area contributed by atoms with Gasteiger partial charge < -0.3 is 15.8 Å². The number of hydrogen-bond acceptors (Lipinski definition) is 4. The number of carbonyl (C=O) groups is 1. The molecule has 2 aromatic carbocycles. The van der Waals surface area contributed by atoms with Crippen LogP contribution in [0.1, 0.15) is 10.4 Å². The van der Waals surface area contributed by atoms with Crippen LogP contribution in [0.5, 0.6) is 0 Å². The van der Waals surface area contributed by atoms with Crippen molar-refractivity contribution in [1.29, 1.82) is 0 Å². The maximum absolute atomic E-state index is 11.4. The van der Waals surface area contributed by atoms with Crippen LogP contribution in [0.3, 0.4) is 0 Å². The molecule has 98 valence electrons. The highest BCUT2D eigenvalue weighted by molar-refractivity contribution is 6.30. The Bertz CT molecular complexity index is 614. The number of nitrogen functional groups attached to an aromatic ring is 1. The van der Waals surface area contributed by atoms with Gasteiger partial charge in [-0.15, -0.1) is 0 Å². The lowest BCUT2D eigenvalue weighted by molar-refractivity contribution is 0.0601. The SMILES string of the molecule is COC(=O)c1ccc(Nc2cccc(Cl)c2)c(N)c1. The minimum absolute atomic E-state index is 0.414. The molecule has 0 bridgehead atoms. The Hall–Kier alpha value is -2.20. The van der Waals surface area contributed by atoms with Crippen LogP contribution < -0.4 is 11.1 Å². The summed E-state index contributed by atoms with van der Waals surface area (Å²) in [4.78, 5) is 11.4. The van der Waals surface area contributed by atoms with Crippen molar-refractivity contribution in [2.24, 2.45) is 0 Å². The van der Waals surface area contributed by atoms with Gasteiger partial charge in [0, 0.05) is 10.7 Å². The lowest BCUT2D eigenvalue weighted by Gasteiger charge is -2.10. The van der Waals surface area contributed by atoms with Gasteiger partial charge in [-0.05, 0) is 36.4 Å². The maximum Gasteiger partial charge on any atom is 0.337 e. The van der Waals surface area contributed by atoms with Crippen molar-refractivity contribution < 1.29 is 9.53 Å². The van der Waals surface area contributed by atoms with E-state index in [-0.39, 0.29) is 0 Å². The van der Waals surface area contributed by atoms with Gasteiger partial charge in [0.1, 0.15) is 0 Å². The third-order valence-corrected chi connectivity index (χ3v) is 2.81. The molecular weight excluding hydrogens is 264 g/mol. The molecule has 4 nitrogen and oxygen atoms in total. The van der Waals surface area contributed by atoms with Gasteiger partial charge in [-0.1, -0.05) is 17.7 Å². The number of benzene rings is 2. The zero-order chi connectivity index (χ0) is 13.8. The molecule has 5 heteroatoms. The summed E-state index contributed by atoms with van der Waals surface area (Å²) in [6.07, 6.45) is 0. The first-order valence-corrected chi connectivity index (χ1v) is 5.98. The topological polar surface area (TPSA) is 64.3 Å². The second-order valence-corrected chi connectivity index (χ2v) is 4.37. The van der Waals surface area contributed by atoms with Gasteiger partial charge in [-0.25, -0.2) is 4.79 Å². The van der Waals surface area contributed by atoms with Gasteiger partial charge in [0.05, 0.1) is 24.0 Å². The number of hydrogen-bond donors (Lipinski definition) is 2. The van der Waals surface area contributed by atoms with Crippen LogP contribution in [0.25, 0.3) is 0 Å². The summed E-state index contributed by atoms with van der Waals surface area (Å²) in [6.45, 7) is 0. The number of nitrogens with one attached hydrogen (secondary N) is 1. The number of anilines is 3. The fourth-order valence-electron chi connectivity index (χ4n) is 1.64. The summed E-state index contributed by atoms with van der Waals surface area (Å²) in [5.41, 5.74) is 8.30. The number of methoxy groups -OCH3 is 1. The summed E-state index contributed by atoms with van der Waals surface area (Å²) >= 11 is 5.90. The van der Waals surface area contributed by atoms with E-state index < -0.39 is 5.97 Å². The molecule has 0 radical (unpaired) electrons. The number of esters is 1. The number of carbonyl (C=O) groups excluding carboxylic acids is 1. The van der Waals surface area contributed by atoms with Gasteiger partial charge in [0.2, 0.25) is 0 Å². The first kappa shape index (κ1) is 13.2. The van der Waals surface area contributed by atoms with Gasteiger partial charge in [-0.3, -0.25) is 0 Å². The van der Waals surface area contributed by atoms with Crippen molar-refractivity contribution in [3.8, 4) is 0 Å². The van der Waals surface area contributed by atoms with Gasteiger partial charge >= 0.3 is 5.97 Å². The van der Waals surface area contributed by atoms with Crippen LogP contribution in [0.4, 0.5) is 17.1 Å². The van der Waals surface area contributed by atoms with Crippen LogP contribution in [0.2, 0.25) is 5.02 Å². The second-order valence-electron chi connectivity index (χ2n) is 3.93. The summed E-state index contributed by atoms with van der Waals surface area (Å²) in [5.74, 6) is -0.416. The van der Waals surface area contributed by atoms with E-state index in [1.54, 1.807) is 30.3 Å². The Morgan fingerprint density at radius 3 is 2.68 bits per heavy atom. The smallest absolute Gasteiger partial charge is 0.337 e. The Labute approximate surface area is 116 Å². The van der Waals surface area contributed by atoms with Crippen LogP contribution in [-0.2, 0) is 4.74 Å². The van der Waals surface area contributed by atoms with Crippen molar-refractivity contribution in [2.45, 2.75) is 0 Å². The molecule has 3 N–H and O–H groups in total. The lowest BCUT2D eigenvalue weighted by atomic mass is 10.1. The van der Waals surface area contributed by atoms with Crippen molar-refractivity contribution in [3.63, 3.8) is 0 Å². The fourth-order valence-corrected chi connectivity index (χ4v) is 1.83. The molecule has 2 aromatic rings. The van der Waals surface area contributed by atoms with Crippen molar-refractivity contribution >= 4 is 34.6 Å². The molecule has 0 heterocycles. The summed E-state index contributed by atoms with van der Waals surface area (Å²) in [7, 11) is 1.33. The van der Waals surface area contributed by atoms with E-state index in [1.165, 1.54) is 7.11 Å². The van der Waals surface area contributed by atoms with E-state index >= 15 is 0 Å². The minimum atomic E-state index is -0.416. The summed E-state index contributed by atoms with van der Waals surface area (Å²) in [5, 5.41) is 3.77. The maximum atomic E-state index is 11.4. The molecule has 0 aliphatic carbocycles. The van der Waals surface area contributed by atoms with E-state index in [2.05, 4.69) is 10.1 Å². The Kier molecular flexibility index (Phi) is 3.92. The van der Waals surface area contributed by atoms with Crippen molar-refractivity contribution in [3.05, 3.63) is 53.1 Å². The molecule has 0 amide bonds. The molecule has 0 aromatic heterocycles. The third-order valence-electron chi connectivity index (χ3n) is 2.58. The van der Waals surface area contributed by atoms with E-state index in [0.717, 1.165) is 5.69 Å². The molecule has 0 fully saturated rings. The second kappa shape index (κ2) is 5.63. The Balaban J connectivity index is 2.24. The van der Waals surface area contributed by atoms with Crippen LogP contribution in [0.15, 0.2) is 42.5 Å². The minimum Gasteiger partial charge on any atom is -0.465 e.